The molecule has 2 nitrogen and oxygen atoms in total. The molecule has 2 heteroatoms. The van der Waals surface area contributed by atoms with Gasteiger partial charge in [0.2, 0.25) is 0 Å². The van der Waals surface area contributed by atoms with Crippen LogP contribution in [0.2, 0.25) is 0 Å². The quantitative estimate of drug-likeness (QED) is 0.373. The molecule has 0 bridgehead atoms. The second kappa shape index (κ2) is 4.64. The molecule has 0 saturated carbocycles. The fraction of sp³-hybridized carbons (Fsp3) is 0.818. The highest BCUT2D eigenvalue weighted by atomic mass is 17.2. The molecule has 0 N–H and O–H groups in total. The molecule has 0 radical (unpaired) electrons. The number of hydrogen-bond acceptors (Lipinski definition) is 2. The van der Waals surface area contributed by atoms with Crippen molar-refractivity contribution in [2.24, 2.45) is 0 Å². The van der Waals surface area contributed by atoms with Gasteiger partial charge in [0.1, 0.15) is 0 Å². The minimum Gasteiger partial charge on any atom is -0.229 e. The lowest BCUT2D eigenvalue weighted by atomic mass is 10.1. The van der Waals surface area contributed by atoms with Crippen LogP contribution in [-0.4, -0.2) is 11.2 Å². The lowest BCUT2D eigenvalue weighted by Crippen LogP contribution is -2.29. The highest BCUT2D eigenvalue weighted by molar-refractivity contribution is 5.10. The topological polar surface area (TPSA) is 18.5 Å². The molecule has 0 amide bonds. The van der Waals surface area contributed by atoms with E-state index >= 15 is 0 Å². The van der Waals surface area contributed by atoms with E-state index in [2.05, 4.69) is 11.8 Å². The van der Waals surface area contributed by atoms with E-state index in [1.807, 2.05) is 41.5 Å². The third kappa shape index (κ3) is 7.83. The molecule has 0 unspecified atom stereocenters. The molecule has 0 saturated heterocycles. The van der Waals surface area contributed by atoms with Gasteiger partial charge in [-0.3, -0.25) is 0 Å². The zero-order valence-electron chi connectivity index (χ0n) is 9.52. The maximum Gasteiger partial charge on any atom is 0.158 e. The van der Waals surface area contributed by atoms with Gasteiger partial charge in [-0.1, -0.05) is 12.8 Å². The van der Waals surface area contributed by atoms with Gasteiger partial charge in [-0.15, -0.1) is 5.92 Å². The summed E-state index contributed by atoms with van der Waals surface area (Å²) in [6.07, 6.45) is 0.836. The predicted octanol–water partition coefficient (Wildman–Crippen LogP) is 2.93. The van der Waals surface area contributed by atoms with Gasteiger partial charge in [0.05, 0.1) is 5.60 Å². The summed E-state index contributed by atoms with van der Waals surface area (Å²) >= 11 is 0. The van der Waals surface area contributed by atoms with Crippen molar-refractivity contribution in [2.75, 3.05) is 0 Å². The van der Waals surface area contributed by atoms with Crippen molar-refractivity contribution >= 4 is 0 Å². The lowest BCUT2D eigenvalue weighted by Gasteiger charge is -2.24. The van der Waals surface area contributed by atoms with Crippen LogP contribution in [-0.2, 0) is 9.78 Å². The molecule has 76 valence electrons. The fourth-order valence-corrected chi connectivity index (χ4v) is 0.551. The molecule has 0 aromatic heterocycles. The van der Waals surface area contributed by atoms with Crippen molar-refractivity contribution in [3.63, 3.8) is 0 Å². The van der Waals surface area contributed by atoms with E-state index < -0.39 is 5.60 Å². The molecule has 0 spiro atoms. The Morgan fingerprint density at radius 2 is 1.54 bits per heavy atom. The van der Waals surface area contributed by atoms with Gasteiger partial charge < -0.3 is 0 Å². The van der Waals surface area contributed by atoms with E-state index in [0.29, 0.717) is 0 Å². The first-order valence-corrected chi connectivity index (χ1v) is 4.64. The van der Waals surface area contributed by atoms with Crippen LogP contribution in [0, 0.1) is 11.8 Å². The Labute approximate surface area is 81.5 Å². The summed E-state index contributed by atoms with van der Waals surface area (Å²) in [4.78, 5) is 10.4. The van der Waals surface area contributed by atoms with E-state index in [-0.39, 0.29) is 5.60 Å². The first-order valence-electron chi connectivity index (χ1n) is 4.64. The lowest BCUT2D eigenvalue weighted by molar-refractivity contribution is -0.384. The summed E-state index contributed by atoms with van der Waals surface area (Å²) in [5.41, 5.74) is -0.811. The van der Waals surface area contributed by atoms with Gasteiger partial charge >= 0.3 is 0 Å². The molecule has 0 aromatic rings. The Hall–Kier alpha value is -0.520. The second-order valence-corrected chi connectivity index (χ2v) is 4.44. The molecule has 13 heavy (non-hydrogen) atoms. The third-order valence-corrected chi connectivity index (χ3v) is 1.07. The van der Waals surface area contributed by atoms with E-state index in [4.69, 9.17) is 9.78 Å². The van der Waals surface area contributed by atoms with Gasteiger partial charge in [0.25, 0.3) is 0 Å². The van der Waals surface area contributed by atoms with Gasteiger partial charge in [0, 0.05) is 6.42 Å². The highest BCUT2D eigenvalue weighted by Gasteiger charge is 2.21. The number of hydrogen-bond donors (Lipinski definition) is 0. The van der Waals surface area contributed by atoms with E-state index in [9.17, 15) is 0 Å². The molecule has 0 aromatic carbocycles. The van der Waals surface area contributed by atoms with Crippen molar-refractivity contribution in [3.05, 3.63) is 0 Å². The molecular weight excluding hydrogens is 164 g/mol. The first-order chi connectivity index (χ1) is 5.77. The zero-order chi connectivity index (χ0) is 10.5. The fourth-order valence-electron chi connectivity index (χ4n) is 0.551. The van der Waals surface area contributed by atoms with Crippen molar-refractivity contribution in [1.29, 1.82) is 0 Å². The summed E-state index contributed by atoms with van der Waals surface area (Å²) in [5.74, 6) is 5.95. The van der Waals surface area contributed by atoms with Crippen LogP contribution in [0.3, 0.4) is 0 Å². The predicted molar refractivity (Wildman–Crippen MR) is 54.1 cm³/mol. The Bertz CT molecular complexity index is 200. The number of rotatable bonds is 2. The van der Waals surface area contributed by atoms with Crippen LogP contribution < -0.4 is 0 Å². The molecule has 0 aliphatic carbocycles. The minimum absolute atomic E-state index is 0.287. The van der Waals surface area contributed by atoms with Crippen LogP contribution in [0.5, 0.6) is 0 Å². The van der Waals surface area contributed by atoms with Crippen molar-refractivity contribution in [3.8, 4) is 11.8 Å². The normalized spacial score (nSPS) is 12.2. The third-order valence-electron chi connectivity index (χ3n) is 1.07. The zero-order valence-corrected chi connectivity index (χ0v) is 9.52. The minimum atomic E-state index is -0.525. The maximum absolute atomic E-state index is 5.22. The molecule has 0 aliphatic heterocycles. The van der Waals surface area contributed by atoms with Crippen LogP contribution in [0.15, 0.2) is 0 Å². The maximum atomic E-state index is 5.22. The van der Waals surface area contributed by atoms with E-state index in [1.54, 1.807) is 0 Å². The van der Waals surface area contributed by atoms with Crippen molar-refractivity contribution in [1.82, 2.24) is 0 Å². The van der Waals surface area contributed by atoms with Crippen LogP contribution in [0.25, 0.3) is 0 Å². The monoisotopic (exact) mass is 184 g/mol. The Kier molecular flexibility index (Phi) is 4.46. The standard InChI is InChI=1S/C11H20O2/c1-7-8-9-11(5,6)13-12-10(2,3)4/h7H2,1-6H3. The Morgan fingerprint density at radius 1 is 1.00 bits per heavy atom. The summed E-state index contributed by atoms with van der Waals surface area (Å²) in [7, 11) is 0. The first kappa shape index (κ1) is 12.5. The smallest absolute Gasteiger partial charge is 0.158 e. The second-order valence-electron chi connectivity index (χ2n) is 4.44. The molecule has 0 atom stereocenters. The van der Waals surface area contributed by atoms with Crippen LogP contribution >= 0.6 is 0 Å². The summed E-state index contributed by atoms with van der Waals surface area (Å²) < 4.78 is 0. The van der Waals surface area contributed by atoms with Gasteiger partial charge in [-0.2, -0.15) is 0 Å². The summed E-state index contributed by atoms with van der Waals surface area (Å²) in [6, 6.07) is 0. The van der Waals surface area contributed by atoms with Crippen LogP contribution in [0.4, 0.5) is 0 Å². The summed E-state index contributed by atoms with van der Waals surface area (Å²) in [6.45, 7) is 11.6. The average molecular weight is 184 g/mol. The molecule has 0 fully saturated rings. The molecule has 0 aliphatic rings. The largest absolute Gasteiger partial charge is 0.229 e. The van der Waals surface area contributed by atoms with E-state index in [1.165, 1.54) is 0 Å². The van der Waals surface area contributed by atoms with Gasteiger partial charge in [-0.05, 0) is 34.6 Å². The Morgan fingerprint density at radius 3 is 1.92 bits per heavy atom. The molecule has 0 rings (SSSR count). The molecular formula is C11H20O2. The van der Waals surface area contributed by atoms with Gasteiger partial charge in [-0.25, -0.2) is 9.78 Å². The van der Waals surface area contributed by atoms with Gasteiger partial charge in [0.15, 0.2) is 5.60 Å². The molecule has 0 heterocycles. The van der Waals surface area contributed by atoms with E-state index in [0.717, 1.165) is 6.42 Å². The Balaban J connectivity index is 4.04. The SMILES string of the molecule is CCC#CC(C)(C)OOC(C)(C)C. The average Bonchev–Trinajstić information content (AvgIpc) is 1.97. The van der Waals surface area contributed by atoms with Crippen LogP contribution in [0.1, 0.15) is 48.0 Å². The highest BCUT2D eigenvalue weighted by Crippen LogP contribution is 2.15. The van der Waals surface area contributed by atoms with Crippen molar-refractivity contribution < 1.29 is 9.78 Å². The summed E-state index contributed by atoms with van der Waals surface area (Å²) in [5, 5.41) is 0. The van der Waals surface area contributed by atoms with Crippen molar-refractivity contribution in [2.45, 2.75) is 59.2 Å².